The Morgan fingerprint density at radius 3 is 2.76 bits per heavy atom. The highest BCUT2D eigenvalue weighted by Gasteiger charge is 2.38. The number of rotatable bonds is 2. The fourth-order valence-electron chi connectivity index (χ4n) is 2.70. The van der Waals surface area contributed by atoms with Crippen molar-refractivity contribution in [3.8, 4) is 0 Å². The van der Waals surface area contributed by atoms with E-state index in [-0.39, 0.29) is 11.9 Å². The van der Waals surface area contributed by atoms with Crippen LogP contribution in [0.5, 0.6) is 0 Å². The molecule has 0 saturated heterocycles. The highest BCUT2D eigenvalue weighted by atomic mass is 16.1. The van der Waals surface area contributed by atoms with Gasteiger partial charge in [0.15, 0.2) is 0 Å². The molecule has 2 heterocycles. The number of fused-ring (bicyclic) bond motifs is 1. The van der Waals surface area contributed by atoms with Gasteiger partial charge in [-0.25, -0.2) is 0 Å². The molecule has 4 heteroatoms. The summed E-state index contributed by atoms with van der Waals surface area (Å²) in [4.78, 5) is 24.9. The standard InChI is InChI=1S/C13H16N2O2/c1-9(17)14-6-10-4-5-15(11-2-3-11)13(8-16)12(10)7-14/h6-8,11,13H,2-5H2,1H3. The van der Waals surface area contributed by atoms with Crippen LogP contribution in [0.3, 0.4) is 0 Å². The maximum Gasteiger partial charge on any atom is 0.227 e. The molecule has 0 radical (unpaired) electrons. The highest BCUT2D eigenvalue weighted by Crippen LogP contribution is 2.37. The molecule has 1 aliphatic carbocycles. The number of carbonyl (C=O) groups is 2. The largest absolute Gasteiger partial charge is 0.301 e. The van der Waals surface area contributed by atoms with E-state index in [1.54, 1.807) is 11.5 Å². The van der Waals surface area contributed by atoms with Crippen molar-refractivity contribution in [1.82, 2.24) is 9.47 Å². The predicted molar refractivity (Wildman–Crippen MR) is 63.0 cm³/mol. The van der Waals surface area contributed by atoms with Gasteiger partial charge in [0.05, 0.1) is 6.04 Å². The first-order chi connectivity index (χ1) is 8.20. The number of hydrogen-bond donors (Lipinski definition) is 0. The van der Waals surface area contributed by atoms with Gasteiger partial charge in [-0.1, -0.05) is 0 Å². The maximum atomic E-state index is 11.3. The second-order valence-electron chi connectivity index (χ2n) is 4.96. The van der Waals surface area contributed by atoms with Gasteiger partial charge >= 0.3 is 0 Å². The third-order valence-corrected chi connectivity index (χ3v) is 3.77. The molecular weight excluding hydrogens is 216 g/mol. The summed E-state index contributed by atoms with van der Waals surface area (Å²) < 4.78 is 1.59. The topological polar surface area (TPSA) is 42.3 Å². The Kier molecular flexibility index (Phi) is 2.40. The van der Waals surface area contributed by atoms with Gasteiger partial charge in [0.1, 0.15) is 6.29 Å². The molecule has 4 nitrogen and oxygen atoms in total. The molecule has 1 unspecified atom stereocenters. The van der Waals surface area contributed by atoms with Crippen LogP contribution in [0.4, 0.5) is 0 Å². The molecule has 1 atom stereocenters. The molecule has 1 aromatic heterocycles. The summed E-state index contributed by atoms with van der Waals surface area (Å²) in [7, 11) is 0. The summed E-state index contributed by atoms with van der Waals surface area (Å²) in [6, 6.07) is 0.436. The smallest absolute Gasteiger partial charge is 0.227 e. The Labute approximate surface area is 100 Å². The van der Waals surface area contributed by atoms with Gasteiger partial charge in [0, 0.05) is 31.9 Å². The number of nitrogens with zero attached hydrogens (tertiary/aromatic N) is 2. The first kappa shape index (κ1) is 10.7. The van der Waals surface area contributed by atoms with Crippen molar-refractivity contribution in [3.63, 3.8) is 0 Å². The first-order valence-corrected chi connectivity index (χ1v) is 6.13. The van der Waals surface area contributed by atoms with Crippen LogP contribution in [0.2, 0.25) is 0 Å². The molecule has 90 valence electrons. The van der Waals surface area contributed by atoms with Crippen molar-refractivity contribution >= 4 is 12.2 Å². The fourth-order valence-corrected chi connectivity index (χ4v) is 2.70. The van der Waals surface area contributed by atoms with Crippen molar-refractivity contribution in [2.75, 3.05) is 6.54 Å². The minimum atomic E-state index is -0.146. The van der Waals surface area contributed by atoms with E-state index in [1.165, 1.54) is 12.8 Å². The van der Waals surface area contributed by atoms with Crippen LogP contribution < -0.4 is 0 Å². The first-order valence-electron chi connectivity index (χ1n) is 6.13. The van der Waals surface area contributed by atoms with E-state index in [0.717, 1.165) is 30.4 Å². The van der Waals surface area contributed by atoms with Gasteiger partial charge in [-0.05, 0) is 30.4 Å². The van der Waals surface area contributed by atoms with E-state index in [2.05, 4.69) is 4.90 Å². The lowest BCUT2D eigenvalue weighted by atomic mass is 9.98. The van der Waals surface area contributed by atoms with Crippen LogP contribution in [-0.2, 0) is 11.2 Å². The van der Waals surface area contributed by atoms with Crippen LogP contribution in [-0.4, -0.2) is 34.2 Å². The summed E-state index contributed by atoms with van der Waals surface area (Å²) in [5, 5.41) is 0. The van der Waals surface area contributed by atoms with E-state index < -0.39 is 0 Å². The molecule has 1 aromatic rings. The number of hydrogen-bond acceptors (Lipinski definition) is 3. The SMILES string of the molecule is CC(=O)n1cc2c(c1)C(C=O)N(C1CC1)CC2. The lowest BCUT2D eigenvalue weighted by molar-refractivity contribution is -0.113. The molecule has 1 saturated carbocycles. The molecule has 0 spiro atoms. The normalized spacial score (nSPS) is 24.4. The van der Waals surface area contributed by atoms with Crippen molar-refractivity contribution in [3.05, 3.63) is 23.5 Å². The van der Waals surface area contributed by atoms with Gasteiger partial charge in [0.2, 0.25) is 5.91 Å². The second kappa shape index (κ2) is 3.81. The zero-order valence-corrected chi connectivity index (χ0v) is 9.93. The minimum Gasteiger partial charge on any atom is -0.301 e. The van der Waals surface area contributed by atoms with Crippen LogP contribution >= 0.6 is 0 Å². The second-order valence-corrected chi connectivity index (χ2v) is 4.96. The number of aldehydes is 1. The predicted octanol–water partition coefficient (Wildman–Crippen LogP) is 1.41. The van der Waals surface area contributed by atoms with Crippen LogP contribution in [0.1, 0.15) is 41.7 Å². The van der Waals surface area contributed by atoms with Crippen LogP contribution in [0.15, 0.2) is 12.4 Å². The summed E-state index contributed by atoms with van der Waals surface area (Å²) in [6.45, 7) is 2.48. The molecular formula is C13H16N2O2. The molecule has 3 rings (SSSR count). The third-order valence-electron chi connectivity index (χ3n) is 3.77. The van der Waals surface area contributed by atoms with E-state index in [9.17, 15) is 9.59 Å². The molecule has 17 heavy (non-hydrogen) atoms. The molecule has 2 aliphatic rings. The van der Waals surface area contributed by atoms with Gasteiger partial charge in [-0.2, -0.15) is 0 Å². The van der Waals surface area contributed by atoms with Crippen molar-refractivity contribution in [2.24, 2.45) is 0 Å². The van der Waals surface area contributed by atoms with E-state index in [1.807, 2.05) is 12.4 Å². The van der Waals surface area contributed by atoms with Gasteiger partial charge in [-0.3, -0.25) is 14.3 Å². The molecule has 0 N–H and O–H groups in total. The summed E-state index contributed by atoms with van der Waals surface area (Å²) in [5.41, 5.74) is 2.17. The number of carbonyl (C=O) groups excluding carboxylic acids is 2. The van der Waals surface area contributed by atoms with Crippen molar-refractivity contribution < 1.29 is 9.59 Å². The summed E-state index contributed by atoms with van der Waals surface area (Å²) >= 11 is 0. The fraction of sp³-hybridized carbons (Fsp3) is 0.538. The average Bonchev–Trinajstić information content (AvgIpc) is 3.05. The molecule has 1 aliphatic heterocycles. The minimum absolute atomic E-state index is 0.00187. The zero-order valence-electron chi connectivity index (χ0n) is 9.93. The molecule has 1 fully saturated rings. The zero-order chi connectivity index (χ0) is 12.0. The molecule has 0 aromatic carbocycles. The average molecular weight is 232 g/mol. The number of aromatic nitrogens is 1. The Balaban J connectivity index is 1.97. The van der Waals surface area contributed by atoms with Gasteiger partial charge in [0.25, 0.3) is 0 Å². The van der Waals surface area contributed by atoms with Crippen LogP contribution in [0.25, 0.3) is 0 Å². The van der Waals surface area contributed by atoms with Crippen LogP contribution in [0, 0.1) is 0 Å². The Morgan fingerprint density at radius 1 is 1.41 bits per heavy atom. The van der Waals surface area contributed by atoms with Gasteiger partial charge in [-0.15, -0.1) is 0 Å². The van der Waals surface area contributed by atoms with E-state index >= 15 is 0 Å². The Hall–Kier alpha value is -1.42. The monoisotopic (exact) mass is 232 g/mol. The lowest BCUT2D eigenvalue weighted by Gasteiger charge is -2.32. The maximum absolute atomic E-state index is 11.3. The third kappa shape index (κ3) is 1.72. The summed E-state index contributed by atoms with van der Waals surface area (Å²) in [5.74, 6) is 0.00187. The summed E-state index contributed by atoms with van der Waals surface area (Å²) in [6.07, 6.45) is 8.06. The quantitative estimate of drug-likeness (QED) is 0.724. The Bertz CT molecular complexity index is 474. The highest BCUT2D eigenvalue weighted by molar-refractivity contribution is 5.77. The van der Waals surface area contributed by atoms with E-state index in [4.69, 9.17) is 0 Å². The van der Waals surface area contributed by atoms with Crippen molar-refractivity contribution in [2.45, 2.75) is 38.3 Å². The Morgan fingerprint density at radius 2 is 2.18 bits per heavy atom. The van der Waals surface area contributed by atoms with Crippen molar-refractivity contribution in [1.29, 1.82) is 0 Å². The lowest BCUT2D eigenvalue weighted by Crippen LogP contribution is -2.37. The molecule has 0 bridgehead atoms. The van der Waals surface area contributed by atoms with E-state index in [0.29, 0.717) is 6.04 Å². The molecule has 0 amide bonds. The van der Waals surface area contributed by atoms with Gasteiger partial charge < -0.3 is 4.79 Å².